The first-order valence-electron chi connectivity index (χ1n) is 11.4. The molecule has 9 heteroatoms. The monoisotopic (exact) mass is 489 g/mol. The molecule has 3 atom stereocenters. The average Bonchev–Trinajstić information content (AvgIpc) is 3.48. The fourth-order valence-corrected chi connectivity index (χ4v) is 6.50. The number of carbonyl (C=O) groups is 3. The highest BCUT2D eigenvalue weighted by atomic mass is 32.1. The Hall–Kier alpha value is -3.53. The quantitative estimate of drug-likeness (QED) is 0.326. The summed E-state index contributed by atoms with van der Waals surface area (Å²) in [4.78, 5) is 41.1. The van der Waals surface area contributed by atoms with Crippen LogP contribution in [-0.4, -0.2) is 41.6 Å². The summed E-state index contributed by atoms with van der Waals surface area (Å²) in [5.41, 5.74) is 21.4. The van der Waals surface area contributed by atoms with Crippen LogP contribution in [0.1, 0.15) is 44.4 Å². The van der Waals surface area contributed by atoms with Gasteiger partial charge in [-0.1, -0.05) is 36.9 Å². The predicted molar refractivity (Wildman–Crippen MR) is 137 cm³/mol. The van der Waals surface area contributed by atoms with E-state index in [-0.39, 0.29) is 23.6 Å². The maximum Gasteiger partial charge on any atom is 0.262 e. The summed E-state index contributed by atoms with van der Waals surface area (Å²) in [6, 6.07) is 9.65. The lowest BCUT2D eigenvalue weighted by Gasteiger charge is -2.37. The van der Waals surface area contributed by atoms with Gasteiger partial charge in [-0.25, -0.2) is 0 Å². The van der Waals surface area contributed by atoms with Crippen molar-refractivity contribution in [2.75, 3.05) is 18.8 Å². The van der Waals surface area contributed by atoms with Crippen molar-refractivity contribution in [2.45, 2.75) is 31.0 Å². The second-order valence-electron chi connectivity index (χ2n) is 9.16. The number of hydrogen-bond donors (Lipinski definition) is 4. The molecule has 7 N–H and O–H groups in total. The van der Waals surface area contributed by atoms with Crippen LogP contribution in [0.3, 0.4) is 0 Å². The van der Waals surface area contributed by atoms with Crippen LogP contribution in [0, 0.1) is 6.92 Å². The highest BCUT2D eigenvalue weighted by molar-refractivity contribution is 7.21. The summed E-state index contributed by atoms with van der Waals surface area (Å²) in [6.45, 7) is 6.36. The number of nitrogen functional groups attached to an aromatic ring is 1. The number of ketones is 1. The van der Waals surface area contributed by atoms with Gasteiger partial charge in [0.1, 0.15) is 5.54 Å². The van der Waals surface area contributed by atoms with Crippen LogP contribution in [-0.2, 0) is 15.1 Å². The highest BCUT2D eigenvalue weighted by Crippen LogP contribution is 2.49. The number of nitrogens with two attached hydrogens (primary N) is 3. The van der Waals surface area contributed by atoms with Gasteiger partial charge in [-0.05, 0) is 42.2 Å². The molecule has 1 fully saturated rings. The van der Waals surface area contributed by atoms with Crippen LogP contribution in [0.15, 0.2) is 49.1 Å². The molecule has 2 aromatic carbocycles. The molecule has 3 unspecified atom stereocenters. The molecule has 1 aliphatic heterocycles. The molecule has 2 aliphatic rings. The molecule has 35 heavy (non-hydrogen) atoms. The van der Waals surface area contributed by atoms with Gasteiger partial charge < -0.3 is 27.4 Å². The van der Waals surface area contributed by atoms with E-state index in [1.54, 1.807) is 17.0 Å². The van der Waals surface area contributed by atoms with Gasteiger partial charge in [0.2, 0.25) is 5.91 Å². The highest BCUT2D eigenvalue weighted by Gasteiger charge is 2.49. The van der Waals surface area contributed by atoms with Crippen LogP contribution in [0.4, 0.5) is 5.69 Å². The van der Waals surface area contributed by atoms with Crippen molar-refractivity contribution in [3.63, 3.8) is 0 Å². The lowest BCUT2D eigenvalue weighted by Crippen LogP contribution is -2.53. The van der Waals surface area contributed by atoms with E-state index < -0.39 is 11.6 Å². The summed E-state index contributed by atoms with van der Waals surface area (Å²) in [5.74, 6) is -0.881. The number of rotatable bonds is 4. The minimum Gasteiger partial charge on any atom is -0.398 e. The van der Waals surface area contributed by atoms with Gasteiger partial charge in [0.15, 0.2) is 5.78 Å². The van der Waals surface area contributed by atoms with E-state index in [4.69, 9.17) is 17.2 Å². The first-order valence-corrected chi connectivity index (χ1v) is 12.2. The maximum atomic E-state index is 13.8. The minimum absolute atomic E-state index is 0.167. The van der Waals surface area contributed by atoms with Gasteiger partial charge in [0, 0.05) is 35.8 Å². The Morgan fingerprint density at radius 2 is 1.97 bits per heavy atom. The molecule has 1 aromatic heterocycles. The number of likely N-dealkylation sites (tertiary alicyclic amines) is 1. The van der Waals surface area contributed by atoms with Crippen LogP contribution < -0.4 is 22.5 Å². The predicted octanol–water partition coefficient (Wildman–Crippen LogP) is 2.09. The van der Waals surface area contributed by atoms with Gasteiger partial charge in [0.25, 0.3) is 5.91 Å². The van der Waals surface area contributed by atoms with E-state index in [2.05, 4.69) is 11.9 Å². The summed E-state index contributed by atoms with van der Waals surface area (Å²) in [7, 11) is 0. The molecule has 2 heterocycles. The largest absolute Gasteiger partial charge is 0.398 e. The lowest BCUT2D eigenvalue weighted by molar-refractivity contribution is -0.125. The molecular weight excluding hydrogens is 462 g/mol. The first-order chi connectivity index (χ1) is 16.7. The van der Waals surface area contributed by atoms with Crippen LogP contribution in [0.2, 0.25) is 0 Å². The van der Waals surface area contributed by atoms with Gasteiger partial charge in [-0.15, -0.1) is 11.3 Å². The zero-order valence-corrected chi connectivity index (χ0v) is 20.2. The van der Waals surface area contributed by atoms with E-state index in [9.17, 15) is 14.4 Å². The average molecular weight is 490 g/mol. The smallest absolute Gasteiger partial charge is 0.262 e. The molecule has 1 aliphatic carbocycles. The number of amides is 2. The number of thiophene rings is 1. The fraction of sp³-hybridized carbons (Fsp3) is 0.269. The van der Waals surface area contributed by atoms with Crippen molar-refractivity contribution < 1.29 is 14.4 Å². The molecule has 0 saturated carbocycles. The standard InChI is InChI=1S/C26H27N5O3S/c1-3-18(32)31-11-10-14(12-31)30-25(34)23-20-19-16(8-9-17(27)22(19)35-23)26(29,24(33)21(20)28)15-7-5-4-6-13(15)2/h3-9,14,21H,1,10-12,27-29H2,2H3,(H,30,34). The van der Waals surface area contributed by atoms with Crippen LogP contribution >= 0.6 is 11.3 Å². The van der Waals surface area contributed by atoms with Gasteiger partial charge in [-0.2, -0.15) is 0 Å². The van der Waals surface area contributed by atoms with Crippen LogP contribution in [0.5, 0.6) is 0 Å². The minimum atomic E-state index is -1.46. The zero-order chi connectivity index (χ0) is 25.1. The second kappa shape index (κ2) is 8.30. The number of nitrogens with zero attached hydrogens (tertiary/aromatic N) is 1. The SMILES string of the molecule is C=CC(=O)N1CCC(NC(=O)c2sc3c(N)ccc4c3c2C(N)C(=O)C4(N)c2ccccc2C)C1. The molecule has 0 bridgehead atoms. The number of nitrogens with one attached hydrogen (secondary N) is 1. The summed E-state index contributed by atoms with van der Waals surface area (Å²) in [5, 5.41) is 3.68. The van der Waals surface area contributed by atoms with Gasteiger partial charge in [0.05, 0.1) is 15.6 Å². The number of benzene rings is 2. The van der Waals surface area contributed by atoms with E-state index in [1.165, 1.54) is 17.4 Å². The van der Waals surface area contributed by atoms with Crippen molar-refractivity contribution >= 4 is 44.7 Å². The molecule has 180 valence electrons. The van der Waals surface area contributed by atoms with Gasteiger partial charge in [-0.3, -0.25) is 14.4 Å². The molecule has 0 spiro atoms. The third-order valence-corrected chi connectivity index (χ3v) is 8.35. The fourth-order valence-electron chi connectivity index (χ4n) is 5.30. The Labute approximate surface area is 206 Å². The van der Waals surface area contributed by atoms with Crippen molar-refractivity contribution in [3.05, 3.63) is 76.2 Å². The van der Waals surface area contributed by atoms with Crippen LogP contribution in [0.25, 0.3) is 10.1 Å². The molecular formula is C26H27N5O3S. The van der Waals surface area contributed by atoms with E-state index >= 15 is 0 Å². The Bertz CT molecular complexity index is 1410. The Morgan fingerprint density at radius 1 is 1.23 bits per heavy atom. The number of Topliss-reactive ketones (excluding diaryl/α,β-unsaturated/α-hetero) is 1. The number of aryl methyl sites for hydroxylation is 1. The second-order valence-corrected chi connectivity index (χ2v) is 10.2. The molecule has 5 rings (SSSR count). The summed E-state index contributed by atoms with van der Waals surface area (Å²) in [6.07, 6.45) is 1.89. The normalized spacial score (nSPS) is 23.5. The number of hydrogen-bond acceptors (Lipinski definition) is 7. The summed E-state index contributed by atoms with van der Waals surface area (Å²) < 4.78 is 0.684. The van der Waals surface area contributed by atoms with Crippen molar-refractivity contribution in [1.82, 2.24) is 10.2 Å². The Balaban J connectivity index is 1.61. The van der Waals surface area contributed by atoms with E-state index in [0.717, 1.165) is 5.56 Å². The third kappa shape index (κ3) is 3.38. The molecule has 0 radical (unpaired) electrons. The first kappa shape index (κ1) is 23.2. The van der Waals surface area contributed by atoms with Crippen molar-refractivity contribution in [2.24, 2.45) is 11.5 Å². The summed E-state index contributed by atoms with van der Waals surface area (Å²) >= 11 is 1.22. The Kier molecular flexibility index (Phi) is 5.51. The molecule has 8 nitrogen and oxygen atoms in total. The van der Waals surface area contributed by atoms with Crippen molar-refractivity contribution in [3.8, 4) is 0 Å². The van der Waals surface area contributed by atoms with Crippen molar-refractivity contribution in [1.29, 1.82) is 0 Å². The lowest BCUT2D eigenvalue weighted by atomic mass is 9.69. The molecule has 2 amide bonds. The molecule has 1 saturated heterocycles. The third-order valence-electron chi connectivity index (χ3n) is 7.10. The van der Waals surface area contributed by atoms with E-state index in [0.29, 0.717) is 56.9 Å². The maximum absolute atomic E-state index is 13.8. The zero-order valence-electron chi connectivity index (χ0n) is 19.3. The number of carbonyl (C=O) groups excluding carboxylic acids is 3. The Morgan fingerprint density at radius 3 is 2.69 bits per heavy atom. The van der Waals surface area contributed by atoms with E-state index in [1.807, 2.05) is 31.2 Å². The number of anilines is 1. The topological polar surface area (TPSA) is 145 Å². The van der Waals surface area contributed by atoms with Gasteiger partial charge >= 0.3 is 0 Å². The molecule has 3 aromatic rings.